The van der Waals surface area contributed by atoms with E-state index in [4.69, 9.17) is 26.8 Å². The van der Waals surface area contributed by atoms with Gasteiger partial charge in [0, 0.05) is 18.4 Å². The van der Waals surface area contributed by atoms with Gasteiger partial charge in [0.05, 0.1) is 17.1 Å². The normalized spacial score (nSPS) is 17.7. The van der Waals surface area contributed by atoms with Gasteiger partial charge in [0.1, 0.15) is 17.8 Å². The molecule has 4 N–H and O–H groups in total. The fourth-order valence-corrected chi connectivity index (χ4v) is 3.35. The van der Waals surface area contributed by atoms with Gasteiger partial charge in [-0.3, -0.25) is 19.2 Å². The van der Waals surface area contributed by atoms with Crippen molar-refractivity contribution < 1.29 is 23.9 Å². The van der Waals surface area contributed by atoms with Crippen LogP contribution < -0.4 is 21.9 Å². The summed E-state index contributed by atoms with van der Waals surface area (Å²) in [6.45, 7) is 7.57. The van der Waals surface area contributed by atoms with E-state index in [2.05, 4.69) is 10.6 Å². The van der Waals surface area contributed by atoms with Crippen LogP contribution in [0, 0.1) is 0 Å². The molecule has 2 amide bonds. The van der Waals surface area contributed by atoms with E-state index in [1.165, 1.54) is 48.0 Å². The summed E-state index contributed by atoms with van der Waals surface area (Å²) in [5, 5.41) is 5.42. The highest BCUT2D eigenvalue weighted by molar-refractivity contribution is 6.33. The summed E-state index contributed by atoms with van der Waals surface area (Å²) in [7, 11) is 0. The first kappa shape index (κ1) is 26.9. The van der Waals surface area contributed by atoms with Crippen molar-refractivity contribution in [2.75, 3.05) is 17.7 Å². The Balaban J connectivity index is 0.00000199. The molecule has 34 heavy (non-hydrogen) atoms. The van der Waals surface area contributed by atoms with Gasteiger partial charge in [0.2, 0.25) is 12.2 Å². The van der Waals surface area contributed by atoms with Crippen LogP contribution in [0.1, 0.15) is 50.5 Å². The molecule has 0 saturated carbocycles. The maximum absolute atomic E-state index is 12.9. The minimum atomic E-state index is -0.928. The van der Waals surface area contributed by atoms with Crippen LogP contribution in [0.25, 0.3) is 0 Å². The van der Waals surface area contributed by atoms with Crippen LogP contribution in [0.3, 0.4) is 0 Å². The molecule has 2 heterocycles. The Labute approximate surface area is 202 Å². The summed E-state index contributed by atoms with van der Waals surface area (Å²) in [6.07, 6.45) is 0.523. The van der Waals surface area contributed by atoms with Gasteiger partial charge in [0.25, 0.3) is 11.5 Å². The van der Waals surface area contributed by atoms with E-state index in [0.717, 1.165) is 0 Å². The minimum absolute atomic E-state index is 0.0170. The number of aromatic nitrogens is 1. The first-order valence-corrected chi connectivity index (χ1v) is 11.3. The van der Waals surface area contributed by atoms with Gasteiger partial charge >= 0.3 is 5.97 Å². The first-order chi connectivity index (χ1) is 16.2. The third-order valence-corrected chi connectivity index (χ3v) is 5.23. The number of carbonyl (C=O) groups excluding carboxylic acids is 3. The van der Waals surface area contributed by atoms with Gasteiger partial charge in [-0.25, -0.2) is 0 Å². The number of pyridine rings is 1. The summed E-state index contributed by atoms with van der Waals surface area (Å²) in [5.41, 5.74) is 5.60. The summed E-state index contributed by atoms with van der Waals surface area (Å²) in [4.78, 5) is 49.7. The number of hydrogen-bond acceptors (Lipinski definition) is 7. The highest BCUT2D eigenvalue weighted by Gasteiger charge is 2.37. The number of anilines is 2. The van der Waals surface area contributed by atoms with E-state index in [0.29, 0.717) is 12.3 Å². The lowest BCUT2D eigenvalue weighted by Crippen LogP contribution is -2.45. The monoisotopic (exact) mass is 492 g/mol. The third-order valence-electron chi connectivity index (χ3n) is 4.90. The molecule has 1 aromatic heterocycles. The van der Waals surface area contributed by atoms with Crippen LogP contribution in [0.15, 0.2) is 41.3 Å². The number of nitrogens with one attached hydrogen (secondary N) is 2. The molecule has 1 aliphatic rings. The largest absolute Gasteiger partial charge is 0.433 e. The summed E-state index contributed by atoms with van der Waals surface area (Å²) < 4.78 is 11.5. The Hall–Kier alpha value is -3.37. The van der Waals surface area contributed by atoms with E-state index in [1.54, 1.807) is 6.92 Å². The van der Waals surface area contributed by atoms with Crippen molar-refractivity contribution in [3.8, 4) is 0 Å². The number of hydrogen-bond donors (Lipinski definition) is 3. The zero-order valence-corrected chi connectivity index (χ0v) is 20.2. The molecule has 3 atom stereocenters. The molecule has 10 nitrogen and oxygen atoms in total. The van der Waals surface area contributed by atoms with Crippen molar-refractivity contribution in [2.45, 2.75) is 52.5 Å². The van der Waals surface area contributed by atoms with Gasteiger partial charge < -0.3 is 30.4 Å². The van der Waals surface area contributed by atoms with Crippen molar-refractivity contribution >= 4 is 40.8 Å². The van der Waals surface area contributed by atoms with Crippen LogP contribution in [0.2, 0.25) is 5.02 Å². The van der Waals surface area contributed by atoms with Gasteiger partial charge in [-0.1, -0.05) is 25.4 Å². The second-order valence-electron chi connectivity index (χ2n) is 7.13. The fourth-order valence-electron chi connectivity index (χ4n) is 3.17. The van der Waals surface area contributed by atoms with E-state index in [-0.39, 0.29) is 22.7 Å². The molecular formula is C23H29ClN4O6. The molecule has 3 unspecified atom stereocenters. The van der Waals surface area contributed by atoms with Crippen molar-refractivity contribution in [2.24, 2.45) is 0 Å². The number of esters is 1. The molecule has 0 bridgehead atoms. The molecule has 2 aromatic rings. The number of ether oxygens (including phenoxy) is 2. The smallest absolute Gasteiger partial charge is 0.310 e. The van der Waals surface area contributed by atoms with Gasteiger partial charge in [0.15, 0.2) is 0 Å². The standard InChI is InChI=1S/C21H23ClN4O6.C2H6/c1-3-31-21-16(10-17(27)32-21)25-18(28)11(2)26-8-4-5-15(20(26)30)24-19(29)12-6-7-14(23)13(22)9-12;1-2/h4-9,11,16,21H,3,10,23H2,1-2H3,(H,24,29)(H,25,28);1-2H3. The number of nitrogen functional groups attached to an aromatic ring is 1. The Morgan fingerprint density at radius 2 is 2.00 bits per heavy atom. The molecule has 1 fully saturated rings. The van der Waals surface area contributed by atoms with Crippen LogP contribution in [0.5, 0.6) is 0 Å². The average molecular weight is 493 g/mol. The lowest BCUT2D eigenvalue weighted by molar-refractivity contribution is -0.164. The van der Waals surface area contributed by atoms with Crippen LogP contribution in [0.4, 0.5) is 11.4 Å². The molecule has 3 rings (SSSR count). The van der Waals surface area contributed by atoms with E-state index in [9.17, 15) is 19.2 Å². The molecule has 0 aliphatic carbocycles. The number of cyclic esters (lactones) is 1. The quantitative estimate of drug-likeness (QED) is 0.398. The summed E-state index contributed by atoms with van der Waals surface area (Å²) >= 11 is 5.95. The van der Waals surface area contributed by atoms with Crippen molar-refractivity contribution in [1.82, 2.24) is 9.88 Å². The van der Waals surface area contributed by atoms with Crippen molar-refractivity contribution in [3.63, 3.8) is 0 Å². The SMILES string of the molecule is CC.CCOC1OC(=O)CC1NC(=O)C(C)n1cccc(NC(=O)c2ccc(N)c(Cl)c2)c1=O. The number of halogens is 1. The lowest BCUT2D eigenvalue weighted by Gasteiger charge is -2.21. The maximum atomic E-state index is 12.9. The molecule has 184 valence electrons. The van der Waals surface area contributed by atoms with E-state index in [1.807, 2.05) is 13.8 Å². The predicted octanol–water partition coefficient (Wildman–Crippen LogP) is 2.72. The van der Waals surface area contributed by atoms with Gasteiger partial charge in [-0.15, -0.1) is 0 Å². The number of rotatable bonds is 7. The van der Waals surface area contributed by atoms with Crippen molar-refractivity contribution in [1.29, 1.82) is 0 Å². The molecule has 11 heteroatoms. The number of amides is 2. The van der Waals surface area contributed by atoms with Crippen molar-refractivity contribution in [3.05, 3.63) is 57.5 Å². The van der Waals surface area contributed by atoms with E-state index < -0.39 is 41.7 Å². The second-order valence-corrected chi connectivity index (χ2v) is 7.54. The van der Waals surface area contributed by atoms with Gasteiger partial charge in [-0.2, -0.15) is 0 Å². The molecular weight excluding hydrogens is 464 g/mol. The number of carbonyl (C=O) groups is 3. The zero-order chi connectivity index (χ0) is 25.4. The summed E-state index contributed by atoms with van der Waals surface area (Å²) in [5.74, 6) is -1.54. The Morgan fingerprint density at radius 3 is 2.65 bits per heavy atom. The topological polar surface area (TPSA) is 142 Å². The lowest BCUT2D eigenvalue weighted by atomic mass is 10.2. The van der Waals surface area contributed by atoms with Crippen LogP contribution >= 0.6 is 11.6 Å². The van der Waals surface area contributed by atoms with E-state index >= 15 is 0 Å². The Bertz CT molecular complexity index is 1100. The molecule has 1 aromatic carbocycles. The molecule has 1 aliphatic heterocycles. The molecule has 0 spiro atoms. The maximum Gasteiger partial charge on any atom is 0.310 e. The zero-order valence-electron chi connectivity index (χ0n) is 19.5. The fraction of sp³-hybridized carbons (Fsp3) is 0.391. The highest BCUT2D eigenvalue weighted by Crippen LogP contribution is 2.20. The second kappa shape index (κ2) is 12.2. The van der Waals surface area contributed by atoms with Crippen LogP contribution in [-0.2, 0) is 19.1 Å². The molecule has 1 saturated heterocycles. The number of nitrogens with two attached hydrogens (primary N) is 1. The number of benzene rings is 1. The average Bonchev–Trinajstić information content (AvgIpc) is 3.16. The highest BCUT2D eigenvalue weighted by atomic mass is 35.5. The minimum Gasteiger partial charge on any atom is -0.433 e. The third kappa shape index (κ3) is 6.36. The Morgan fingerprint density at radius 1 is 1.29 bits per heavy atom. The summed E-state index contributed by atoms with van der Waals surface area (Å²) in [6, 6.07) is 5.73. The first-order valence-electron chi connectivity index (χ1n) is 10.9. The molecule has 0 radical (unpaired) electrons. The number of nitrogens with zero attached hydrogens (tertiary/aromatic N) is 1. The Kier molecular flexibility index (Phi) is 9.64. The van der Waals surface area contributed by atoms with Gasteiger partial charge in [-0.05, 0) is 44.2 Å². The predicted molar refractivity (Wildman–Crippen MR) is 129 cm³/mol. The van der Waals surface area contributed by atoms with Crippen LogP contribution in [-0.4, -0.2) is 41.3 Å².